The molecule has 1 unspecified atom stereocenters. The molecule has 1 amide bonds. The maximum atomic E-state index is 12.6. The van der Waals surface area contributed by atoms with Crippen molar-refractivity contribution >= 4 is 5.91 Å². The van der Waals surface area contributed by atoms with Crippen LogP contribution in [0.15, 0.2) is 73.0 Å². The van der Waals surface area contributed by atoms with Gasteiger partial charge in [-0.25, -0.2) is 0 Å². The van der Waals surface area contributed by atoms with E-state index in [1.807, 2.05) is 6.08 Å². The van der Waals surface area contributed by atoms with Gasteiger partial charge in [-0.3, -0.25) is 4.79 Å². The van der Waals surface area contributed by atoms with Crippen LogP contribution in [-0.4, -0.2) is 17.6 Å². The first-order chi connectivity index (χ1) is 18.0. The highest BCUT2D eigenvalue weighted by Gasteiger charge is 2.30. The smallest absolute Gasteiger partial charge is 0.396 e. The van der Waals surface area contributed by atoms with Crippen LogP contribution in [0.5, 0.6) is 0 Å². The molecule has 3 nitrogen and oxygen atoms in total. The summed E-state index contributed by atoms with van der Waals surface area (Å²) < 4.78 is 37.7. The highest BCUT2D eigenvalue weighted by Crippen LogP contribution is 2.29. The molecule has 1 aliphatic carbocycles. The Bertz CT molecular complexity index is 879. The highest BCUT2D eigenvalue weighted by atomic mass is 19.4. The molecule has 1 aromatic rings. The van der Waals surface area contributed by atoms with Crippen LogP contribution in [0.3, 0.4) is 0 Å². The summed E-state index contributed by atoms with van der Waals surface area (Å²) >= 11 is 0. The molecule has 1 aromatic carbocycles. The molecular weight excluding hydrogens is 487 g/mol. The molecule has 0 saturated heterocycles. The summed E-state index contributed by atoms with van der Waals surface area (Å²) in [4.78, 5) is 11.9. The van der Waals surface area contributed by atoms with Crippen LogP contribution in [0, 0.1) is 17.8 Å². The second kappa shape index (κ2) is 20.4. The summed E-state index contributed by atoms with van der Waals surface area (Å²) in [5.41, 5.74) is -0.295. The third-order valence-electron chi connectivity index (χ3n) is 6.46. The number of halogens is 3. The van der Waals surface area contributed by atoms with Gasteiger partial charge in [0.2, 0.25) is 0 Å². The van der Waals surface area contributed by atoms with Gasteiger partial charge in [-0.15, -0.1) is 0 Å². The summed E-state index contributed by atoms with van der Waals surface area (Å²) in [6.07, 6.45) is 15.2. The summed E-state index contributed by atoms with van der Waals surface area (Å²) in [5, 5.41) is 11.3. The molecule has 0 bridgehead atoms. The molecule has 1 saturated carbocycles. The van der Waals surface area contributed by atoms with Gasteiger partial charge in [0.1, 0.15) is 0 Å². The summed E-state index contributed by atoms with van der Waals surface area (Å²) in [6.45, 7) is 14.5. The summed E-state index contributed by atoms with van der Waals surface area (Å²) in [5.74, 6) is 1.84. The van der Waals surface area contributed by atoms with Crippen molar-refractivity contribution < 1.29 is 23.1 Å². The van der Waals surface area contributed by atoms with E-state index in [-0.39, 0.29) is 5.56 Å². The fourth-order valence-corrected chi connectivity index (χ4v) is 3.61. The Hall–Kier alpha value is -2.60. The number of hydrogen-bond acceptors (Lipinski definition) is 2. The van der Waals surface area contributed by atoms with E-state index in [0.29, 0.717) is 24.6 Å². The van der Waals surface area contributed by atoms with E-state index < -0.39 is 17.6 Å². The van der Waals surface area contributed by atoms with Crippen LogP contribution < -0.4 is 5.32 Å². The lowest BCUT2D eigenvalue weighted by atomic mass is 9.84. The zero-order valence-corrected chi connectivity index (χ0v) is 23.9. The van der Waals surface area contributed by atoms with E-state index in [0.717, 1.165) is 24.0 Å². The molecule has 6 heteroatoms. The second-order valence-electron chi connectivity index (χ2n) is 9.95. The van der Waals surface area contributed by atoms with E-state index in [9.17, 15) is 18.0 Å². The van der Waals surface area contributed by atoms with Crippen molar-refractivity contribution in [2.45, 2.75) is 85.7 Å². The van der Waals surface area contributed by atoms with Crippen LogP contribution in [0.4, 0.5) is 13.2 Å². The van der Waals surface area contributed by atoms with Gasteiger partial charge in [-0.2, -0.15) is 13.2 Å². The van der Waals surface area contributed by atoms with E-state index in [4.69, 9.17) is 5.11 Å². The minimum atomic E-state index is -4.46. The van der Waals surface area contributed by atoms with Gasteiger partial charge in [0.25, 0.3) is 5.91 Å². The number of aliphatic hydroxyl groups excluding tert-OH is 1. The molecule has 0 aromatic heterocycles. The van der Waals surface area contributed by atoms with Gasteiger partial charge >= 0.3 is 6.18 Å². The van der Waals surface area contributed by atoms with Gasteiger partial charge < -0.3 is 10.4 Å². The number of hydrogen-bond donors (Lipinski definition) is 2. The first-order valence-electron chi connectivity index (χ1n) is 13.6. The minimum absolute atomic E-state index is 0.0285. The lowest BCUT2D eigenvalue weighted by Gasteiger charge is -2.23. The maximum absolute atomic E-state index is 12.6. The number of carbonyl (C=O) groups excluding carboxylic acids is 1. The molecule has 0 aliphatic heterocycles. The van der Waals surface area contributed by atoms with Crippen molar-refractivity contribution in [2.24, 2.45) is 17.8 Å². The first-order valence-corrected chi connectivity index (χ1v) is 13.6. The normalized spacial score (nSPS) is 18.7. The van der Waals surface area contributed by atoms with Crippen LogP contribution in [0.25, 0.3) is 0 Å². The number of rotatable bonds is 9. The quantitative estimate of drug-likeness (QED) is 0.244. The van der Waals surface area contributed by atoms with Crippen LogP contribution in [-0.2, 0) is 6.18 Å². The topological polar surface area (TPSA) is 49.3 Å². The SMILES string of the molecule is C/C=C\CC(C)CC.C=C/C=C/C/C=C(\C)NC(=O)c1cccc(C(F)(F)F)c1.CC1CCC(CO)CC1. The molecule has 2 rings (SSSR count). The number of carbonyl (C=O) groups is 1. The average Bonchev–Trinajstić information content (AvgIpc) is 2.90. The van der Waals surface area contributed by atoms with Crippen molar-refractivity contribution in [3.05, 3.63) is 84.1 Å². The second-order valence-corrected chi connectivity index (χ2v) is 9.95. The number of allylic oxidation sites excluding steroid dienone is 7. The number of benzene rings is 1. The van der Waals surface area contributed by atoms with E-state index in [1.165, 1.54) is 50.7 Å². The third-order valence-corrected chi connectivity index (χ3v) is 6.46. The molecule has 2 N–H and O–H groups in total. The predicted octanol–water partition coefficient (Wildman–Crippen LogP) is 9.27. The van der Waals surface area contributed by atoms with Gasteiger partial charge in [0.15, 0.2) is 0 Å². The molecular formula is C32H48F3NO2. The van der Waals surface area contributed by atoms with E-state index in [1.54, 1.807) is 25.2 Å². The lowest BCUT2D eigenvalue weighted by Crippen LogP contribution is -2.21. The Morgan fingerprint density at radius 1 is 1.21 bits per heavy atom. The zero-order valence-electron chi connectivity index (χ0n) is 23.9. The van der Waals surface area contributed by atoms with Gasteiger partial charge in [0.05, 0.1) is 5.56 Å². The molecule has 38 heavy (non-hydrogen) atoms. The molecule has 1 aliphatic rings. The molecule has 1 fully saturated rings. The Kier molecular flexibility index (Phi) is 19.0. The van der Waals surface area contributed by atoms with Crippen molar-refractivity contribution in [3.63, 3.8) is 0 Å². The number of aliphatic hydroxyl groups is 1. The van der Waals surface area contributed by atoms with E-state index >= 15 is 0 Å². The summed E-state index contributed by atoms with van der Waals surface area (Å²) in [6, 6.07) is 4.32. The van der Waals surface area contributed by atoms with Gasteiger partial charge in [-0.05, 0) is 75.5 Å². The van der Waals surface area contributed by atoms with Gasteiger partial charge in [0, 0.05) is 17.9 Å². The van der Waals surface area contributed by atoms with Gasteiger partial charge in [-0.1, -0.05) is 89.1 Å². The van der Waals surface area contributed by atoms with Crippen LogP contribution >= 0.6 is 0 Å². The van der Waals surface area contributed by atoms with E-state index in [2.05, 4.69) is 51.7 Å². The zero-order chi connectivity index (χ0) is 29.0. The summed E-state index contributed by atoms with van der Waals surface area (Å²) in [7, 11) is 0. The van der Waals surface area contributed by atoms with Crippen molar-refractivity contribution in [3.8, 4) is 0 Å². The Balaban J connectivity index is 0.000000658. The van der Waals surface area contributed by atoms with Crippen LogP contribution in [0.1, 0.15) is 95.5 Å². The molecule has 214 valence electrons. The largest absolute Gasteiger partial charge is 0.416 e. The van der Waals surface area contributed by atoms with Crippen molar-refractivity contribution in [1.29, 1.82) is 0 Å². The standard InChI is InChI=1S/C16H16F3NO.C8H16O.C8H16/c1-3-4-5-6-8-12(2)20-15(21)13-9-7-10-14(11-13)16(17,18)19;1-7-2-4-8(6-9)5-3-7;1-4-6-7-8(3)5-2/h3-5,7-11H,1,6H2,2H3,(H,20,21);7-9H,2-6H2,1H3;4,6,8H,5,7H2,1-3H3/b5-4+,12-8+;;6-4-. The Labute approximate surface area is 228 Å². The lowest BCUT2D eigenvalue weighted by molar-refractivity contribution is -0.137. The molecule has 0 spiro atoms. The minimum Gasteiger partial charge on any atom is -0.396 e. The number of amides is 1. The molecule has 0 heterocycles. The fourth-order valence-electron chi connectivity index (χ4n) is 3.61. The fraction of sp³-hybridized carbons (Fsp3) is 0.531. The number of alkyl halides is 3. The monoisotopic (exact) mass is 535 g/mol. The maximum Gasteiger partial charge on any atom is 0.416 e. The van der Waals surface area contributed by atoms with Crippen molar-refractivity contribution in [2.75, 3.05) is 6.61 Å². The predicted molar refractivity (Wildman–Crippen MR) is 154 cm³/mol. The number of nitrogens with one attached hydrogen (secondary N) is 1. The first kappa shape index (κ1) is 35.4. The van der Waals surface area contributed by atoms with Crippen molar-refractivity contribution in [1.82, 2.24) is 5.32 Å². The Morgan fingerprint density at radius 3 is 2.39 bits per heavy atom. The molecule has 1 atom stereocenters. The Morgan fingerprint density at radius 2 is 1.87 bits per heavy atom. The highest BCUT2D eigenvalue weighted by molar-refractivity contribution is 5.95. The third kappa shape index (κ3) is 17.0. The van der Waals surface area contributed by atoms with Crippen LogP contribution in [0.2, 0.25) is 0 Å². The average molecular weight is 536 g/mol. The molecule has 0 radical (unpaired) electrons.